The fourth-order valence-corrected chi connectivity index (χ4v) is 4.66. The van der Waals surface area contributed by atoms with Gasteiger partial charge in [0.2, 0.25) is 0 Å². The number of hydrogen-bond donors (Lipinski definition) is 2. The topological polar surface area (TPSA) is 128 Å². The van der Waals surface area contributed by atoms with Gasteiger partial charge in [0.25, 0.3) is 0 Å². The maximum Gasteiger partial charge on any atom is 0.138 e. The van der Waals surface area contributed by atoms with Gasteiger partial charge < -0.3 is 14.7 Å². The lowest BCUT2D eigenvalue weighted by atomic mass is 10.1. The molecule has 31 heavy (non-hydrogen) atoms. The van der Waals surface area contributed by atoms with E-state index < -0.39 is 15.3 Å². The molecule has 1 fully saturated rings. The van der Waals surface area contributed by atoms with Crippen LogP contribution < -0.4 is 9.64 Å². The SMILES string of the molecule is CC(C)(O)COc1cc(-c2ccc(N3CCS(=N)(=O)CC3)nc2)c2c(C#N)cnn2c1. The van der Waals surface area contributed by atoms with E-state index in [1.54, 1.807) is 30.8 Å². The molecule has 0 aliphatic carbocycles. The first kappa shape index (κ1) is 21.1. The quantitative estimate of drug-likeness (QED) is 0.623. The Morgan fingerprint density at radius 2 is 2.06 bits per heavy atom. The molecule has 3 aromatic heterocycles. The van der Waals surface area contributed by atoms with Crippen molar-refractivity contribution in [1.29, 1.82) is 10.0 Å². The van der Waals surface area contributed by atoms with Crippen LogP contribution in [0.25, 0.3) is 16.6 Å². The van der Waals surface area contributed by atoms with Crippen LogP contribution in [0.3, 0.4) is 0 Å². The highest BCUT2D eigenvalue weighted by Gasteiger charge is 2.21. The van der Waals surface area contributed by atoms with E-state index in [0.717, 1.165) is 16.9 Å². The molecule has 10 heteroatoms. The van der Waals surface area contributed by atoms with Crippen molar-refractivity contribution < 1.29 is 14.1 Å². The van der Waals surface area contributed by atoms with Gasteiger partial charge in [0, 0.05) is 51.6 Å². The first-order valence-corrected chi connectivity index (χ1v) is 11.8. The maximum atomic E-state index is 11.9. The van der Waals surface area contributed by atoms with Crippen molar-refractivity contribution >= 4 is 21.1 Å². The summed E-state index contributed by atoms with van der Waals surface area (Å²) in [6, 6.07) is 7.78. The van der Waals surface area contributed by atoms with Gasteiger partial charge in [-0.2, -0.15) is 10.4 Å². The molecule has 1 aliphatic heterocycles. The summed E-state index contributed by atoms with van der Waals surface area (Å²) in [6.45, 7) is 4.52. The van der Waals surface area contributed by atoms with Crippen molar-refractivity contribution in [1.82, 2.24) is 14.6 Å². The minimum atomic E-state index is -2.46. The second-order valence-electron chi connectivity index (χ2n) is 8.27. The summed E-state index contributed by atoms with van der Waals surface area (Å²) in [4.78, 5) is 6.59. The second kappa shape index (κ2) is 7.83. The van der Waals surface area contributed by atoms with Crippen LogP contribution in [-0.2, 0) is 9.73 Å². The molecule has 0 atom stereocenters. The van der Waals surface area contributed by atoms with Gasteiger partial charge in [0.15, 0.2) is 0 Å². The Kier molecular flexibility index (Phi) is 5.33. The Hall–Kier alpha value is -3.16. The van der Waals surface area contributed by atoms with Crippen LogP contribution in [0.4, 0.5) is 5.82 Å². The second-order valence-corrected chi connectivity index (χ2v) is 10.7. The maximum absolute atomic E-state index is 11.9. The smallest absolute Gasteiger partial charge is 0.138 e. The molecule has 0 unspecified atom stereocenters. The first-order valence-electron chi connectivity index (χ1n) is 9.87. The van der Waals surface area contributed by atoms with Crippen molar-refractivity contribution in [2.75, 3.05) is 36.1 Å². The summed E-state index contributed by atoms with van der Waals surface area (Å²) >= 11 is 0. The predicted molar refractivity (Wildman–Crippen MR) is 118 cm³/mol. The Balaban J connectivity index is 1.69. The van der Waals surface area contributed by atoms with E-state index in [4.69, 9.17) is 9.52 Å². The van der Waals surface area contributed by atoms with E-state index >= 15 is 0 Å². The molecule has 4 heterocycles. The van der Waals surface area contributed by atoms with Gasteiger partial charge in [-0.3, -0.25) is 4.78 Å². The lowest BCUT2D eigenvalue weighted by Crippen LogP contribution is -2.40. The highest BCUT2D eigenvalue weighted by molar-refractivity contribution is 7.92. The Morgan fingerprint density at radius 1 is 1.32 bits per heavy atom. The fraction of sp³-hybridized carbons (Fsp3) is 0.381. The van der Waals surface area contributed by atoms with Crippen LogP contribution in [0.1, 0.15) is 19.4 Å². The zero-order chi connectivity index (χ0) is 22.2. The molecule has 0 amide bonds. The molecule has 4 rings (SSSR count). The van der Waals surface area contributed by atoms with Crippen LogP contribution in [0, 0.1) is 16.1 Å². The van der Waals surface area contributed by atoms with Crippen molar-refractivity contribution in [3.63, 3.8) is 0 Å². The van der Waals surface area contributed by atoms with Crippen LogP contribution in [0.15, 0.2) is 36.8 Å². The minimum absolute atomic E-state index is 0.107. The normalized spacial score (nSPS) is 16.3. The number of hydrogen-bond acceptors (Lipinski definition) is 8. The highest BCUT2D eigenvalue weighted by Crippen LogP contribution is 2.31. The summed E-state index contributed by atoms with van der Waals surface area (Å²) in [7, 11) is -2.46. The first-order chi connectivity index (χ1) is 14.6. The number of ether oxygens (including phenoxy) is 1. The van der Waals surface area contributed by atoms with E-state index in [2.05, 4.69) is 16.2 Å². The molecule has 0 radical (unpaired) electrons. The van der Waals surface area contributed by atoms with E-state index in [1.165, 1.54) is 6.20 Å². The third kappa shape index (κ3) is 4.62. The van der Waals surface area contributed by atoms with Crippen molar-refractivity contribution in [3.05, 3.63) is 42.4 Å². The van der Waals surface area contributed by atoms with Crippen molar-refractivity contribution in [2.24, 2.45) is 0 Å². The van der Waals surface area contributed by atoms with Gasteiger partial charge >= 0.3 is 0 Å². The molecular formula is C21H24N6O3S. The Morgan fingerprint density at radius 3 is 2.68 bits per heavy atom. The number of aliphatic hydroxyl groups is 1. The highest BCUT2D eigenvalue weighted by atomic mass is 32.2. The van der Waals surface area contributed by atoms with Crippen LogP contribution >= 0.6 is 0 Å². The third-order valence-electron chi connectivity index (χ3n) is 5.06. The van der Waals surface area contributed by atoms with Gasteiger partial charge in [0.1, 0.15) is 24.2 Å². The summed E-state index contributed by atoms with van der Waals surface area (Å²) < 4.78 is 27.0. The van der Waals surface area contributed by atoms with E-state index in [0.29, 0.717) is 41.4 Å². The van der Waals surface area contributed by atoms with Crippen molar-refractivity contribution in [3.8, 4) is 22.9 Å². The predicted octanol–water partition coefficient (Wildman–Crippen LogP) is 2.28. The van der Waals surface area contributed by atoms with Gasteiger partial charge in [-0.15, -0.1) is 0 Å². The fourth-order valence-electron chi connectivity index (χ4n) is 3.43. The van der Waals surface area contributed by atoms with E-state index in [9.17, 15) is 14.6 Å². The Bertz CT molecular complexity index is 1240. The van der Waals surface area contributed by atoms with Gasteiger partial charge in [-0.1, -0.05) is 0 Å². The molecule has 0 aromatic carbocycles. The molecular weight excluding hydrogens is 416 g/mol. The number of aromatic nitrogens is 3. The number of nitriles is 1. The molecule has 1 saturated heterocycles. The van der Waals surface area contributed by atoms with Crippen LogP contribution in [-0.4, -0.2) is 60.7 Å². The average Bonchev–Trinajstić information content (AvgIpc) is 3.14. The van der Waals surface area contributed by atoms with E-state index in [-0.39, 0.29) is 6.61 Å². The third-order valence-corrected chi connectivity index (χ3v) is 6.75. The summed E-state index contributed by atoms with van der Waals surface area (Å²) in [5.41, 5.74) is 1.64. The van der Waals surface area contributed by atoms with Gasteiger partial charge in [-0.05, 0) is 32.0 Å². The summed E-state index contributed by atoms with van der Waals surface area (Å²) in [5.74, 6) is 1.97. The van der Waals surface area contributed by atoms with Gasteiger partial charge in [0.05, 0.1) is 29.1 Å². The lowest BCUT2D eigenvalue weighted by molar-refractivity contribution is 0.0283. The summed E-state index contributed by atoms with van der Waals surface area (Å²) in [5, 5.41) is 23.7. The van der Waals surface area contributed by atoms with Crippen molar-refractivity contribution in [2.45, 2.75) is 19.4 Å². The largest absolute Gasteiger partial charge is 0.489 e. The monoisotopic (exact) mass is 440 g/mol. The van der Waals surface area contributed by atoms with Crippen LogP contribution in [0.5, 0.6) is 5.75 Å². The Labute approximate surface area is 180 Å². The molecule has 1 aliphatic rings. The van der Waals surface area contributed by atoms with E-state index in [1.807, 2.05) is 23.1 Å². The summed E-state index contributed by atoms with van der Waals surface area (Å²) in [6.07, 6.45) is 4.91. The molecule has 162 valence electrons. The zero-order valence-corrected chi connectivity index (χ0v) is 18.2. The molecule has 9 nitrogen and oxygen atoms in total. The minimum Gasteiger partial charge on any atom is -0.489 e. The standard InChI is InChI=1S/C21H24N6O3S/c1-21(2,28)14-30-17-9-18(20-16(10-22)12-25-27(20)13-17)15-3-4-19(24-11-15)26-5-7-31(23,29)8-6-26/h3-4,9,11-13,23,28H,5-8,14H2,1-2H3. The number of pyridine rings is 2. The molecule has 2 N–H and O–H groups in total. The van der Waals surface area contributed by atoms with Gasteiger partial charge in [-0.25, -0.2) is 13.7 Å². The molecule has 0 bridgehead atoms. The lowest BCUT2D eigenvalue weighted by Gasteiger charge is -2.29. The molecule has 3 aromatic rings. The average molecular weight is 441 g/mol. The number of nitrogens with zero attached hydrogens (tertiary/aromatic N) is 5. The zero-order valence-electron chi connectivity index (χ0n) is 17.4. The number of rotatable bonds is 5. The number of fused-ring (bicyclic) bond motifs is 1. The number of nitrogens with one attached hydrogen (secondary N) is 1. The van der Waals surface area contributed by atoms with Crippen LogP contribution in [0.2, 0.25) is 0 Å². The number of anilines is 1. The molecule has 0 saturated carbocycles. The molecule has 0 spiro atoms.